The van der Waals surface area contributed by atoms with E-state index in [1.807, 2.05) is 13.0 Å². The molecule has 8 atom stereocenters. The molecule has 1 aromatic heterocycles. The third-order valence-electron chi connectivity index (χ3n) is 8.56. The Morgan fingerprint density at radius 1 is 1.19 bits per heavy atom. The van der Waals surface area contributed by atoms with E-state index in [2.05, 4.69) is 4.98 Å². The minimum atomic E-state index is -1.18. The van der Waals surface area contributed by atoms with E-state index < -0.39 is 29.8 Å². The maximum Gasteiger partial charge on any atom is 0.327 e. The number of likely N-dealkylation sites (tertiary alicyclic amines) is 1. The van der Waals surface area contributed by atoms with E-state index in [4.69, 9.17) is 4.74 Å². The van der Waals surface area contributed by atoms with Crippen LogP contribution in [0.5, 0.6) is 11.5 Å². The lowest BCUT2D eigenvalue weighted by Gasteiger charge is -2.43. The van der Waals surface area contributed by atoms with Crippen LogP contribution in [0.15, 0.2) is 28.0 Å². The number of ether oxygens (including phenoxy) is 1. The van der Waals surface area contributed by atoms with E-state index >= 15 is 0 Å². The number of nitrogens with one attached hydrogen (secondary N) is 1. The van der Waals surface area contributed by atoms with E-state index in [0.717, 1.165) is 31.7 Å². The van der Waals surface area contributed by atoms with Crippen molar-refractivity contribution in [2.24, 2.45) is 35.5 Å². The fourth-order valence-corrected chi connectivity index (χ4v) is 10.3. The normalized spacial score (nSPS) is 32.4. The molecule has 0 unspecified atom stereocenters. The average molecular weight is 545 g/mol. The van der Waals surface area contributed by atoms with Gasteiger partial charge >= 0.3 is 10.8 Å². The van der Waals surface area contributed by atoms with Crippen LogP contribution in [0, 0.1) is 35.5 Å². The number of hydrogen-bond acceptors (Lipinski definition) is 8. The first kappa shape index (κ1) is 24.5. The Bertz CT molecular complexity index is 1370. The largest absolute Gasteiger partial charge is 0.504 e. The number of carbonyl (C=O) groups excluding carboxylic acids is 2. The molecule has 1 aromatic carbocycles. The molecule has 2 aliphatic heterocycles. The van der Waals surface area contributed by atoms with Gasteiger partial charge in [0.15, 0.2) is 11.5 Å². The summed E-state index contributed by atoms with van der Waals surface area (Å²) in [6, 6.07) is 4.05. The maximum absolute atomic E-state index is 13.7. The van der Waals surface area contributed by atoms with Crippen LogP contribution in [0.25, 0.3) is 0 Å². The van der Waals surface area contributed by atoms with E-state index in [0.29, 0.717) is 18.8 Å². The van der Waals surface area contributed by atoms with Crippen molar-refractivity contribution in [3.63, 3.8) is 0 Å². The van der Waals surface area contributed by atoms with Crippen LogP contribution in [0.3, 0.4) is 0 Å². The Balaban J connectivity index is 1.44. The molecule has 6 rings (SSSR count). The number of thiazole rings is 1. The highest BCUT2D eigenvalue weighted by atomic mass is 32.2. The number of benzene rings is 1. The molecule has 11 heteroatoms. The number of fused-ring (bicyclic) bond motifs is 9. The number of rotatable bonds is 6. The monoisotopic (exact) mass is 544 g/mol. The molecule has 37 heavy (non-hydrogen) atoms. The molecule has 2 saturated carbocycles. The number of H-pyrrole nitrogens is 1. The first-order valence-corrected chi connectivity index (χ1v) is 14.3. The third-order valence-corrected chi connectivity index (χ3v) is 11.2. The topological polar surface area (TPSA) is 137 Å². The summed E-state index contributed by atoms with van der Waals surface area (Å²) >= 11 is 2.74. The van der Waals surface area contributed by atoms with Crippen LogP contribution >= 0.6 is 23.1 Å². The lowest BCUT2D eigenvalue weighted by atomic mass is 9.68. The first-order chi connectivity index (χ1) is 17.6. The lowest BCUT2D eigenvalue weighted by molar-refractivity contribution is -0.157. The molecule has 2 bridgehead atoms. The van der Waals surface area contributed by atoms with Gasteiger partial charge in [0.05, 0.1) is 23.5 Å². The quantitative estimate of drug-likeness (QED) is 0.472. The summed E-state index contributed by atoms with van der Waals surface area (Å²) in [5, 5.41) is 20.9. The van der Waals surface area contributed by atoms with E-state index in [-0.39, 0.29) is 51.4 Å². The Kier molecular flexibility index (Phi) is 5.72. The number of imide groups is 1. The van der Waals surface area contributed by atoms with Gasteiger partial charge in [-0.05, 0) is 54.7 Å². The van der Waals surface area contributed by atoms with Crippen LogP contribution in [0.4, 0.5) is 0 Å². The number of aliphatic carboxylic acids is 1. The second-order valence-electron chi connectivity index (χ2n) is 10.7. The van der Waals surface area contributed by atoms with Crippen LogP contribution in [0.2, 0.25) is 0 Å². The molecule has 2 aliphatic carbocycles. The lowest BCUT2D eigenvalue weighted by Crippen LogP contribution is -2.49. The van der Waals surface area contributed by atoms with Gasteiger partial charge in [-0.3, -0.25) is 19.3 Å². The van der Waals surface area contributed by atoms with Gasteiger partial charge in [-0.2, -0.15) is 0 Å². The molecule has 2 amide bonds. The predicted molar refractivity (Wildman–Crippen MR) is 136 cm³/mol. The molecule has 0 spiro atoms. The fourth-order valence-electron chi connectivity index (χ4n) is 7.38. The molecule has 3 N–H and O–H groups in total. The number of amides is 2. The van der Waals surface area contributed by atoms with E-state index in [9.17, 15) is 29.4 Å². The number of carboxylic acids is 1. The van der Waals surface area contributed by atoms with Crippen molar-refractivity contribution in [3.05, 3.63) is 38.3 Å². The fraction of sp³-hybridized carbons (Fsp3) is 0.538. The average Bonchev–Trinajstić information content (AvgIpc) is 3.56. The maximum atomic E-state index is 13.7. The van der Waals surface area contributed by atoms with E-state index in [1.165, 1.54) is 0 Å². The second kappa shape index (κ2) is 8.62. The number of phenols is 1. The molecule has 196 valence electrons. The van der Waals surface area contributed by atoms with Gasteiger partial charge in [0.1, 0.15) is 6.04 Å². The molecule has 9 nitrogen and oxygen atoms in total. The molecule has 4 aliphatic rings. The van der Waals surface area contributed by atoms with Gasteiger partial charge in [0, 0.05) is 16.0 Å². The van der Waals surface area contributed by atoms with Crippen LogP contribution < -0.4 is 9.61 Å². The summed E-state index contributed by atoms with van der Waals surface area (Å²) < 4.78 is 5.64. The molecule has 1 saturated heterocycles. The smallest absolute Gasteiger partial charge is 0.327 e. The number of thioether (sulfide) groups is 1. The van der Waals surface area contributed by atoms with Crippen LogP contribution in [-0.2, 0) is 14.4 Å². The highest BCUT2D eigenvalue weighted by Gasteiger charge is 2.70. The summed E-state index contributed by atoms with van der Waals surface area (Å²) in [4.78, 5) is 56.5. The van der Waals surface area contributed by atoms with Gasteiger partial charge in [-0.25, -0.2) is 4.79 Å². The highest BCUT2D eigenvalue weighted by Crippen LogP contribution is 2.68. The Labute approximate surface area is 221 Å². The number of carbonyl (C=O) groups is 3. The number of nitrogens with zero attached hydrogens (tertiary/aromatic N) is 1. The summed E-state index contributed by atoms with van der Waals surface area (Å²) in [6.45, 7) is 5.64. The zero-order valence-corrected chi connectivity index (χ0v) is 22.2. The van der Waals surface area contributed by atoms with Gasteiger partial charge in [0.2, 0.25) is 11.8 Å². The Morgan fingerprint density at radius 2 is 1.89 bits per heavy atom. The molecule has 0 radical (unpaired) electrons. The number of hydrogen-bond donors (Lipinski definition) is 3. The highest BCUT2D eigenvalue weighted by molar-refractivity contribution is 8.00. The van der Waals surface area contributed by atoms with Crippen molar-refractivity contribution in [2.45, 2.75) is 49.4 Å². The number of carboxylic acid groups (broad SMARTS) is 1. The van der Waals surface area contributed by atoms with Crippen molar-refractivity contribution < 1.29 is 29.3 Å². The zero-order chi connectivity index (χ0) is 26.3. The summed E-state index contributed by atoms with van der Waals surface area (Å²) in [5.41, 5.74) is 0.886. The minimum Gasteiger partial charge on any atom is -0.504 e. The summed E-state index contributed by atoms with van der Waals surface area (Å²) in [7, 11) is 0. The molecular formula is C26H28N2O7S2. The zero-order valence-electron chi connectivity index (χ0n) is 20.5. The summed E-state index contributed by atoms with van der Waals surface area (Å²) in [5.74, 6) is -3.44. The van der Waals surface area contributed by atoms with Crippen molar-refractivity contribution in [3.8, 4) is 11.5 Å². The molecular weight excluding hydrogens is 516 g/mol. The van der Waals surface area contributed by atoms with E-state index in [1.54, 1.807) is 37.7 Å². The van der Waals surface area contributed by atoms with Crippen molar-refractivity contribution in [1.29, 1.82) is 0 Å². The number of aromatic hydroxyl groups is 1. The molecule has 3 fully saturated rings. The van der Waals surface area contributed by atoms with Gasteiger partial charge in [-0.15, -0.1) is 11.8 Å². The van der Waals surface area contributed by atoms with Gasteiger partial charge < -0.3 is 19.9 Å². The summed E-state index contributed by atoms with van der Waals surface area (Å²) in [6.07, 6.45) is 0.717. The van der Waals surface area contributed by atoms with Crippen molar-refractivity contribution in [2.75, 3.05) is 6.61 Å². The molecule has 2 aromatic rings. The first-order valence-electron chi connectivity index (χ1n) is 12.6. The van der Waals surface area contributed by atoms with Crippen LogP contribution in [0.1, 0.15) is 43.6 Å². The number of aromatic nitrogens is 1. The predicted octanol–water partition coefficient (Wildman–Crippen LogP) is 3.12. The van der Waals surface area contributed by atoms with Gasteiger partial charge in [-0.1, -0.05) is 31.3 Å². The van der Waals surface area contributed by atoms with Crippen LogP contribution in [-0.4, -0.2) is 55.8 Å². The number of phenolic OH excluding ortho intramolecular Hbond substituents is 1. The van der Waals surface area contributed by atoms with Crippen molar-refractivity contribution >= 4 is 40.9 Å². The SMILES string of the molecule is CCOc1cc([C@@H]2c3sc(=O)[nH]c3S[C@@H]3[C@H]4C[C@@H]([C@@H]5C(=O)N([C@H](C(=O)O)C(C)C)C(=O)[C@@H]45)[C@H]23)ccc1O. The second-order valence-corrected chi connectivity index (χ2v) is 12.9. The Hall–Kier alpha value is -2.79. The molecule has 3 heterocycles. The van der Waals surface area contributed by atoms with Gasteiger partial charge in [0.25, 0.3) is 0 Å². The Morgan fingerprint density at radius 3 is 2.54 bits per heavy atom. The minimum absolute atomic E-state index is 0.00243. The third kappa shape index (κ3) is 3.42. The standard InChI is InChI=1S/C26H28N2O7S2/c1-4-35-14-7-10(5-6-13(14)29)15-16-11-8-12(20(16)36-22-21(15)37-26(34)27-22)18-17(11)23(30)28(24(18)31)19(9(2)3)25(32)33/h5-7,9,11-12,15-20,29H,4,8H2,1-3H3,(H,27,34)(H,32,33)/t11-,12+,15+,16-,17+,18+,19+,20-/m1/s1. The van der Waals surface area contributed by atoms with Crippen molar-refractivity contribution in [1.82, 2.24) is 9.88 Å². The number of aromatic amines is 1.